The summed E-state index contributed by atoms with van der Waals surface area (Å²) < 4.78 is 11.2. The van der Waals surface area contributed by atoms with Crippen LogP contribution >= 0.6 is 0 Å². The number of para-hydroxylation sites is 1. The number of nitrogens with one attached hydrogen (secondary N) is 2. The van der Waals surface area contributed by atoms with Gasteiger partial charge in [0.1, 0.15) is 6.04 Å². The molecule has 3 N–H and O–H groups in total. The second-order valence-electron chi connectivity index (χ2n) is 6.64. The number of aliphatic carboxylic acids is 1. The molecule has 7 nitrogen and oxygen atoms in total. The second-order valence-corrected chi connectivity index (χ2v) is 6.64. The number of aromatic amines is 1. The first kappa shape index (κ1) is 17.9. The van der Waals surface area contributed by atoms with Crippen LogP contribution in [0, 0.1) is 0 Å². The Labute approximate surface area is 161 Å². The number of fused-ring (bicyclic) bond motifs is 2. The van der Waals surface area contributed by atoms with Gasteiger partial charge in [0, 0.05) is 35.5 Å². The number of hydrogen-bond donors (Lipinski definition) is 3. The van der Waals surface area contributed by atoms with Gasteiger partial charge in [0.2, 0.25) is 0 Å². The number of hydrogen-bond acceptors (Lipinski definition) is 4. The van der Waals surface area contributed by atoms with Crippen molar-refractivity contribution in [1.29, 1.82) is 0 Å². The van der Waals surface area contributed by atoms with E-state index < -0.39 is 17.9 Å². The Morgan fingerprint density at radius 2 is 1.89 bits per heavy atom. The molecule has 1 aromatic heterocycles. The lowest BCUT2D eigenvalue weighted by atomic mass is 10.0. The summed E-state index contributed by atoms with van der Waals surface area (Å²) in [6.45, 7) is 1.07. The van der Waals surface area contributed by atoms with Crippen LogP contribution in [-0.2, 0) is 11.2 Å². The molecule has 0 fully saturated rings. The third-order valence-corrected chi connectivity index (χ3v) is 4.71. The number of carbonyl (C=O) groups excluding carboxylic acids is 1. The normalized spacial score (nSPS) is 14.3. The number of H-pyrrole nitrogens is 1. The second kappa shape index (κ2) is 7.64. The highest BCUT2D eigenvalue weighted by atomic mass is 16.5. The Morgan fingerprint density at radius 3 is 2.71 bits per heavy atom. The molecule has 1 amide bonds. The fraction of sp³-hybridized carbons (Fsp3) is 0.238. The van der Waals surface area contributed by atoms with Crippen molar-refractivity contribution < 1.29 is 24.2 Å². The lowest BCUT2D eigenvalue weighted by molar-refractivity contribution is -0.139. The summed E-state index contributed by atoms with van der Waals surface area (Å²) in [7, 11) is 0. The van der Waals surface area contributed by atoms with Gasteiger partial charge in [-0.2, -0.15) is 0 Å². The Kier molecular flexibility index (Phi) is 4.89. The van der Waals surface area contributed by atoms with Gasteiger partial charge in [-0.05, 0) is 29.8 Å². The third-order valence-electron chi connectivity index (χ3n) is 4.71. The standard InChI is InChI=1S/C21H20N2O5/c24-20(13-6-7-18-19(11-13)28-9-3-8-27-18)23-17(21(25)26)10-14-12-22-16-5-2-1-4-15(14)16/h1-2,4-7,11-12,17,22H,3,8-10H2,(H,23,24)(H,25,26)/t17-/m0/s1. The van der Waals surface area contributed by atoms with Crippen LogP contribution < -0.4 is 14.8 Å². The smallest absolute Gasteiger partial charge is 0.326 e. The SMILES string of the molecule is O=C(N[C@@H](Cc1c[nH]c2ccccc12)C(=O)O)c1ccc2c(c1)OCCCO2. The summed E-state index contributed by atoms with van der Waals surface area (Å²) in [6, 6.07) is 11.5. The predicted molar refractivity (Wildman–Crippen MR) is 103 cm³/mol. The molecule has 0 bridgehead atoms. The monoisotopic (exact) mass is 380 g/mol. The summed E-state index contributed by atoms with van der Waals surface area (Å²) in [4.78, 5) is 27.5. The molecule has 0 aliphatic carbocycles. The maximum Gasteiger partial charge on any atom is 0.326 e. The van der Waals surface area contributed by atoms with Gasteiger partial charge in [-0.1, -0.05) is 18.2 Å². The number of aromatic nitrogens is 1. The summed E-state index contributed by atoms with van der Waals surface area (Å²) >= 11 is 0. The number of carboxylic acid groups (broad SMARTS) is 1. The fourth-order valence-electron chi connectivity index (χ4n) is 3.27. The third kappa shape index (κ3) is 3.64. The number of carbonyl (C=O) groups is 2. The summed E-state index contributed by atoms with van der Waals surface area (Å²) in [5.41, 5.74) is 2.09. The Bertz CT molecular complexity index is 1030. The van der Waals surface area contributed by atoms with Gasteiger partial charge < -0.3 is 24.9 Å². The molecule has 2 heterocycles. The molecular formula is C21H20N2O5. The summed E-state index contributed by atoms with van der Waals surface area (Å²) in [6.07, 6.45) is 2.72. The van der Waals surface area contributed by atoms with E-state index in [2.05, 4.69) is 10.3 Å². The Balaban J connectivity index is 1.52. The first-order valence-corrected chi connectivity index (χ1v) is 9.10. The summed E-state index contributed by atoms with van der Waals surface area (Å²) in [5.74, 6) is -0.479. The maximum absolute atomic E-state index is 12.6. The van der Waals surface area contributed by atoms with Crippen molar-refractivity contribution in [2.24, 2.45) is 0 Å². The Morgan fingerprint density at radius 1 is 1.11 bits per heavy atom. The Hall–Kier alpha value is -3.48. The van der Waals surface area contributed by atoms with Crippen LogP contribution in [-0.4, -0.2) is 41.2 Å². The van der Waals surface area contributed by atoms with Crippen LogP contribution in [0.5, 0.6) is 11.5 Å². The van der Waals surface area contributed by atoms with Crippen LogP contribution in [0.1, 0.15) is 22.3 Å². The zero-order valence-electron chi connectivity index (χ0n) is 15.1. The molecule has 28 heavy (non-hydrogen) atoms. The number of carboxylic acids is 1. The van der Waals surface area contributed by atoms with Crippen molar-refractivity contribution in [3.8, 4) is 11.5 Å². The number of amides is 1. The van der Waals surface area contributed by atoms with E-state index in [0.717, 1.165) is 22.9 Å². The quantitative estimate of drug-likeness (QED) is 0.632. The molecule has 7 heteroatoms. The van der Waals surface area contributed by atoms with E-state index in [1.165, 1.54) is 0 Å². The summed E-state index contributed by atoms with van der Waals surface area (Å²) in [5, 5.41) is 13.2. The number of rotatable bonds is 5. The molecule has 0 unspecified atom stereocenters. The van der Waals surface area contributed by atoms with Crippen LogP contribution in [0.15, 0.2) is 48.7 Å². The largest absolute Gasteiger partial charge is 0.490 e. The zero-order chi connectivity index (χ0) is 19.5. The van der Waals surface area contributed by atoms with Crippen molar-refractivity contribution in [2.45, 2.75) is 18.9 Å². The molecule has 0 spiro atoms. The van der Waals surface area contributed by atoms with Crippen molar-refractivity contribution in [3.63, 3.8) is 0 Å². The molecule has 1 aliphatic heterocycles. The van der Waals surface area contributed by atoms with Gasteiger partial charge in [0.15, 0.2) is 11.5 Å². The molecule has 1 atom stereocenters. The fourth-order valence-corrected chi connectivity index (χ4v) is 3.27. The number of benzene rings is 2. The molecule has 0 saturated heterocycles. The van der Waals surface area contributed by atoms with Gasteiger partial charge in [-0.15, -0.1) is 0 Å². The average Bonchev–Trinajstić information content (AvgIpc) is 2.95. The lowest BCUT2D eigenvalue weighted by Crippen LogP contribution is -2.42. The van der Waals surface area contributed by atoms with Crippen molar-refractivity contribution in [3.05, 3.63) is 59.8 Å². The van der Waals surface area contributed by atoms with Crippen molar-refractivity contribution >= 4 is 22.8 Å². The van der Waals surface area contributed by atoms with Gasteiger partial charge in [-0.3, -0.25) is 4.79 Å². The van der Waals surface area contributed by atoms with E-state index in [1.807, 2.05) is 24.3 Å². The van der Waals surface area contributed by atoms with Gasteiger partial charge >= 0.3 is 5.97 Å². The van der Waals surface area contributed by atoms with Gasteiger partial charge in [0.25, 0.3) is 5.91 Å². The molecule has 144 valence electrons. The minimum absolute atomic E-state index is 0.176. The molecule has 3 aromatic rings. The zero-order valence-corrected chi connectivity index (χ0v) is 15.1. The first-order chi connectivity index (χ1) is 13.6. The lowest BCUT2D eigenvalue weighted by Gasteiger charge is -2.15. The molecule has 0 radical (unpaired) electrons. The molecule has 0 saturated carbocycles. The average molecular weight is 380 g/mol. The van der Waals surface area contributed by atoms with E-state index in [1.54, 1.807) is 24.4 Å². The highest BCUT2D eigenvalue weighted by Gasteiger charge is 2.23. The topological polar surface area (TPSA) is 101 Å². The van der Waals surface area contributed by atoms with E-state index in [-0.39, 0.29) is 6.42 Å². The van der Waals surface area contributed by atoms with E-state index in [0.29, 0.717) is 30.3 Å². The molecule has 4 rings (SSSR count). The van der Waals surface area contributed by atoms with Crippen LogP contribution in [0.4, 0.5) is 0 Å². The molecule has 1 aliphatic rings. The number of ether oxygens (including phenoxy) is 2. The highest BCUT2D eigenvalue weighted by Crippen LogP contribution is 2.30. The maximum atomic E-state index is 12.6. The minimum Gasteiger partial charge on any atom is -0.490 e. The first-order valence-electron chi connectivity index (χ1n) is 9.10. The van der Waals surface area contributed by atoms with Crippen molar-refractivity contribution in [1.82, 2.24) is 10.3 Å². The molecule has 2 aromatic carbocycles. The van der Waals surface area contributed by atoms with E-state index in [4.69, 9.17) is 9.47 Å². The van der Waals surface area contributed by atoms with E-state index in [9.17, 15) is 14.7 Å². The predicted octanol–water partition coefficient (Wildman–Crippen LogP) is 2.75. The van der Waals surface area contributed by atoms with Crippen LogP contribution in [0.2, 0.25) is 0 Å². The van der Waals surface area contributed by atoms with Gasteiger partial charge in [-0.25, -0.2) is 4.79 Å². The van der Waals surface area contributed by atoms with Gasteiger partial charge in [0.05, 0.1) is 13.2 Å². The van der Waals surface area contributed by atoms with Crippen LogP contribution in [0.25, 0.3) is 10.9 Å². The highest BCUT2D eigenvalue weighted by molar-refractivity contribution is 5.97. The van der Waals surface area contributed by atoms with E-state index >= 15 is 0 Å². The molecular weight excluding hydrogens is 360 g/mol. The minimum atomic E-state index is -1.09. The van der Waals surface area contributed by atoms with Crippen LogP contribution in [0.3, 0.4) is 0 Å². The van der Waals surface area contributed by atoms with Crippen molar-refractivity contribution in [2.75, 3.05) is 13.2 Å².